The molecule has 9 rings (SSSR count). The summed E-state index contributed by atoms with van der Waals surface area (Å²) in [7, 11) is 0. The molecule has 61 heavy (non-hydrogen) atoms. The van der Waals surface area contributed by atoms with Crippen molar-refractivity contribution >= 4 is 64.2 Å². The van der Waals surface area contributed by atoms with Crippen molar-refractivity contribution in [2.45, 2.75) is 51.0 Å². The van der Waals surface area contributed by atoms with E-state index in [1.54, 1.807) is 18.2 Å². The maximum absolute atomic E-state index is 13.3. The number of carbonyl (C=O) groups excluding carboxylic acids is 5. The molecule has 5 amide bonds. The van der Waals surface area contributed by atoms with Crippen molar-refractivity contribution < 1.29 is 24.0 Å². The van der Waals surface area contributed by atoms with Gasteiger partial charge in [0.2, 0.25) is 17.8 Å². The van der Waals surface area contributed by atoms with Crippen LogP contribution >= 0.6 is 0 Å². The molecule has 16 heteroatoms. The van der Waals surface area contributed by atoms with E-state index in [1.165, 1.54) is 11.8 Å². The number of aromatic nitrogens is 3. The van der Waals surface area contributed by atoms with E-state index in [-0.39, 0.29) is 18.7 Å². The fraction of sp³-hybridized carbons (Fsp3) is 0.378. The van der Waals surface area contributed by atoms with Crippen LogP contribution in [0.3, 0.4) is 0 Å². The summed E-state index contributed by atoms with van der Waals surface area (Å²) >= 11 is 0. The number of piperidine rings is 1. The van der Waals surface area contributed by atoms with E-state index in [1.807, 2.05) is 24.3 Å². The van der Waals surface area contributed by atoms with E-state index in [4.69, 9.17) is 9.97 Å². The lowest BCUT2D eigenvalue weighted by molar-refractivity contribution is -0.136. The molecule has 3 saturated heterocycles. The van der Waals surface area contributed by atoms with Gasteiger partial charge in [-0.15, -0.1) is 6.58 Å². The molecule has 6 heterocycles. The number of anilines is 6. The van der Waals surface area contributed by atoms with Crippen molar-refractivity contribution in [2.24, 2.45) is 5.92 Å². The second-order valence-electron chi connectivity index (χ2n) is 16.4. The summed E-state index contributed by atoms with van der Waals surface area (Å²) in [6.45, 7) is 12.6. The number of fused-ring (bicyclic) bond motifs is 2. The highest BCUT2D eigenvalue weighted by molar-refractivity contribution is 6.23. The third-order valence-electron chi connectivity index (χ3n) is 12.5. The fourth-order valence-corrected chi connectivity index (χ4v) is 9.08. The van der Waals surface area contributed by atoms with Gasteiger partial charge in [-0.25, -0.2) is 9.97 Å². The van der Waals surface area contributed by atoms with Crippen LogP contribution in [0.1, 0.15) is 80.9 Å². The number of pyridine rings is 1. The van der Waals surface area contributed by atoms with Crippen LogP contribution in [0.15, 0.2) is 73.4 Å². The smallest absolute Gasteiger partial charge is 0.262 e. The van der Waals surface area contributed by atoms with E-state index in [2.05, 4.69) is 72.7 Å². The number of rotatable bonds is 13. The minimum absolute atomic E-state index is 0.0903. The van der Waals surface area contributed by atoms with Gasteiger partial charge in [0, 0.05) is 99.6 Å². The summed E-state index contributed by atoms with van der Waals surface area (Å²) in [6.07, 6.45) is 6.53. The van der Waals surface area contributed by atoms with E-state index >= 15 is 0 Å². The van der Waals surface area contributed by atoms with Gasteiger partial charge in [0.05, 0.1) is 11.1 Å². The Bertz CT molecular complexity index is 2410. The normalized spacial score (nSPS) is 20.2. The molecule has 5 aliphatic rings. The van der Waals surface area contributed by atoms with E-state index in [0.29, 0.717) is 52.7 Å². The lowest BCUT2D eigenvalue weighted by atomic mass is 9.97. The fourth-order valence-electron chi connectivity index (χ4n) is 9.08. The van der Waals surface area contributed by atoms with Crippen molar-refractivity contribution in [3.05, 3.63) is 101 Å². The summed E-state index contributed by atoms with van der Waals surface area (Å²) in [5.41, 5.74) is 6.13. The highest BCUT2D eigenvalue weighted by Crippen LogP contribution is 2.36. The highest BCUT2D eigenvalue weighted by atomic mass is 16.2. The molecule has 0 bridgehead atoms. The van der Waals surface area contributed by atoms with Crippen molar-refractivity contribution in [3.8, 4) is 0 Å². The number of benzene rings is 2. The lowest BCUT2D eigenvalue weighted by Gasteiger charge is -2.45. The van der Waals surface area contributed by atoms with Crippen molar-refractivity contribution in [1.82, 2.24) is 35.4 Å². The quantitative estimate of drug-likeness (QED) is 0.110. The van der Waals surface area contributed by atoms with Crippen LogP contribution in [0, 0.1) is 5.92 Å². The number of nitrogens with one attached hydrogen (secondary N) is 4. The SMILES string of the molecule is C=CCNC(=O)c1cnc(Nc2ccc(N3CCN(CC4CN(c5ccc6c(c5)C(=O)N(C5CCC(=O)NC5=O)C6=O)C4)CC3)cc2)nc1Nc1ccc2c(n1)C(CC)CC2. The minimum atomic E-state index is -0.974. The van der Waals surface area contributed by atoms with Gasteiger partial charge >= 0.3 is 0 Å². The largest absolute Gasteiger partial charge is 0.371 e. The summed E-state index contributed by atoms with van der Waals surface area (Å²) in [5.74, 6) is -0.0316. The van der Waals surface area contributed by atoms with Crippen molar-refractivity contribution in [2.75, 3.05) is 72.8 Å². The Morgan fingerprint density at radius 2 is 1.64 bits per heavy atom. The van der Waals surface area contributed by atoms with E-state index < -0.39 is 29.7 Å². The average molecular weight is 824 g/mol. The van der Waals surface area contributed by atoms with Gasteiger partial charge in [0.1, 0.15) is 23.2 Å². The maximum atomic E-state index is 13.3. The summed E-state index contributed by atoms with van der Waals surface area (Å²) < 4.78 is 0. The first-order valence-electron chi connectivity index (χ1n) is 21.1. The first kappa shape index (κ1) is 39.8. The molecule has 2 atom stereocenters. The molecule has 16 nitrogen and oxygen atoms in total. The number of carbonyl (C=O) groups is 5. The molecule has 4 aliphatic heterocycles. The third-order valence-corrected chi connectivity index (χ3v) is 12.5. The standard InChI is InChI=1S/C45H49N11O5/c1-3-17-46-41(58)35-23-47-45(52-40(35)50-37-15-7-29-6-5-28(4-2)39(29)49-37)48-30-8-10-31(11-9-30)54-20-18-53(19-21-54)24-27-25-55(26-27)32-12-13-33-34(22-32)44(61)56(43(33)60)36-14-16-38(57)51-42(36)59/h3,7-13,15,22-23,27-28,36H,1,4-6,14,16-21,24-26H2,2H3,(H,46,58)(H,51,57,59)(H2,47,48,49,50,52). The predicted molar refractivity (Wildman–Crippen MR) is 231 cm³/mol. The van der Waals surface area contributed by atoms with Crippen molar-refractivity contribution in [3.63, 3.8) is 0 Å². The first-order valence-corrected chi connectivity index (χ1v) is 21.1. The molecule has 2 aromatic heterocycles. The molecular formula is C45H49N11O5. The minimum Gasteiger partial charge on any atom is -0.371 e. The van der Waals surface area contributed by atoms with E-state index in [9.17, 15) is 24.0 Å². The zero-order valence-corrected chi connectivity index (χ0v) is 34.2. The predicted octanol–water partition coefficient (Wildman–Crippen LogP) is 4.37. The Balaban J connectivity index is 0.770. The molecule has 314 valence electrons. The summed E-state index contributed by atoms with van der Waals surface area (Å²) in [6, 6.07) is 16.6. The second kappa shape index (κ2) is 16.8. The van der Waals surface area contributed by atoms with Gasteiger partial charge in [-0.3, -0.25) is 39.1 Å². The summed E-state index contributed by atoms with van der Waals surface area (Å²) in [4.78, 5) is 85.7. The van der Waals surface area contributed by atoms with Gasteiger partial charge < -0.3 is 25.8 Å². The monoisotopic (exact) mass is 823 g/mol. The topological polar surface area (TPSA) is 185 Å². The number of imide groups is 2. The molecule has 4 aromatic rings. The molecule has 0 saturated carbocycles. The Hall–Kier alpha value is -6.68. The molecule has 1 aliphatic carbocycles. The van der Waals surface area contributed by atoms with Gasteiger partial charge in [-0.05, 0) is 79.8 Å². The molecule has 0 spiro atoms. The van der Waals surface area contributed by atoms with Crippen LogP contribution < -0.4 is 31.1 Å². The highest BCUT2D eigenvalue weighted by Gasteiger charge is 2.45. The maximum Gasteiger partial charge on any atom is 0.262 e. The molecule has 4 N–H and O–H groups in total. The van der Waals surface area contributed by atoms with E-state index in [0.717, 1.165) is 92.7 Å². The third kappa shape index (κ3) is 8.02. The Morgan fingerprint density at radius 1 is 0.869 bits per heavy atom. The van der Waals surface area contributed by atoms with Gasteiger partial charge in [-0.2, -0.15) is 4.98 Å². The van der Waals surface area contributed by atoms with Gasteiger partial charge in [0.15, 0.2) is 0 Å². The van der Waals surface area contributed by atoms with Crippen LogP contribution in [0.25, 0.3) is 0 Å². The zero-order chi connectivity index (χ0) is 42.2. The number of aryl methyl sites for hydroxylation is 1. The van der Waals surface area contributed by atoms with Crippen LogP contribution in [0.4, 0.5) is 34.6 Å². The van der Waals surface area contributed by atoms with Crippen LogP contribution in [-0.2, 0) is 16.0 Å². The Morgan fingerprint density at radius 3 is 2.39 bits per heavy atom. The molecule has 3 fully saturated rings. The Labute approximate surface area is 353 Å². The molecular weight excluding hydrogens is 775 g/mol. The zero-order valence-electron chi connectivity index (χ0n) is 34.2. The van der Waals surface area contributed by atoms with Crippen LogP contribution in [0.2, 0.25) is 0 Å². The summed E-state index contributed by atoms with van der Waals surface area (Å²) in [5, 5.41) is 11.7. The van der Waals surface area contributed by atoms with Crippen LogP contribution in [-0.4, -0.2) is 113 Å². The van der Waals surface area contributed by atoms with Crippen LogP contribution in [0.5, 0.6) is 0 Å². The number of hydrogen-bond acceptors (Lipinski definition) is 13. The number of amides is 5. The molecule has 2 unspecified atom stereocenters. The second-order valence-corrected chi connectivity index (χ2v) is 16.4. The number of hydrogen-bond donors (Lipinski definition) is 4. The molecule has 0 radical (unpaired) electrons. The number of nitrogens with zero attached hydrogens (tertiary/aromatic N) is 7. The average Bonchev–Trinajstić information content (AvgIpc) is 3.78. The van der Waals surface area contributed by atoms with Crippen molar-refractivity contribution in [1.29, 1.82) is 0 Å². The number of piperazine rings is 1. The van der Waals surface area contributed by atoms with Gasteiger partial charge in [0.25, 0.3) is 17.7 Å². The first-order chi connectivity index (χ1) is 29.6. The Kier molecular flexibility index (Phi) is 10.9. The molecule has 2 aromatic carbocycles. The lowest BCUT2D eigenvalue weighted by Crippen LogP contribution is -2.55. The van der Waals surface area contributed by atoms with Gasteiger partial charge in [-0.1, -0.05) is 19.1 Å².